The van der Waals surface area contributed by atoms with Gasteiger partial charge in [-0.2, -0.15) is 0 Å². The Hall–Kier alpha value is -1.10. The number of likely N-dealkylation sites (tertiary alicyclic amines) is 2. The van der Waals surface area contributed by atoms with Crippen LogP contribution in [0.2, 0.25) is 0 Å². The number of rotatable bonds is 2. The van der Waals surface area contributed by atoms with Crippen molar-refractivity contribution in [1.82, 2.24) is 9.80 Å². The molecule has 5 nitrogen and oxygen atoms in total. The molecule has 0 spiro atoms. The molecule has 0 saturated carbocycles. The van der Waals surface area contributed by atoms with Crippen LogP contribution >= 0.6 is 0 Å². The first-order valence-corrected chi connectivity index (χ1v) is 6.26. The molecule has 5 heteroatoms. The van der Waals surface area contributed by atoms with Gasteiger partial charge in [-0.15, -0.1) is 0 Å². The van der Waals surface area contributed by atoms with Gasteiger partial charge in [-0.3, -0.25) is 9.59 Å². The van der Waals surface area contributed by atoms with Crippen LogP contribution < -0.4 is 0 Å². The lowest BCUT2D eigenvalue weighted by Gasteiger charge is -2.44. The van der Waals surface area contributed by atoms with Crippen molar-refractivity contribution < 1.29 is 14.7 Å². The number of amides is 2. The Kier molecular flexibility index (Phi) is 3.38. The number of carbonyl (C=O) groups is 2. The minimum absolute atomic E-state index is 0.0493. The summed E-state index contributed by atoms with van der Waals surface area (Å²) < 4.78 is 0. The number of hydrogen-bond acceptors (Lipinski definition) is 3. The molecule has 0 aromatic rings. The topological polar surface area (TPSA) is 60.9 Å². The lowest BCUT2D eigenvalue weighted by atomic mass is 9.97. The summed E-state index contributed by atoms with van der Waals surface area (Å²) in [4.78, 5) is 26.8. The summed E-state index contributed by atoms with van der Waals surface area (Å²) in [6.45, 7) is 3.35. The highest BCUT2D eigenvalue weighted by Gasteiger charge is 2.39. The maximum absolute atomic E-state index is 11.9. The Bertz CT molecular complexity index is 320. The molecule has 2 aliphatic rings. The second-order valence-electron chi connectivity index (χ2n) is 5.37. The van der Waals surface area contributed by atoms with Crippen LogP contribution in [0.1, 0.15) is 32.6 Å². The molecule has 0 aliphatic carbocycles. The lowest BCUT2D eigenvalue weighted by molar-refractivity contribution is -0.155. The Balaban J connectivity index is 1.83. The van der Waals surface area contributed by atoms with Gasteiger partial charge in [-0.1, -0.05) is 6.42 Å². The Labute approximate surface area is 101 Å². The summed E-state index contributed by atoms with van der Waals surface area (Å²) in [6.07, 6.45) is 3.54. The average molecular weight is 240 g/mol. The fraction of sp³-hybridized carbons (Fsp3) is 0.833. The third-order valence-electron chi connectivity index (χ3n) is 3.41. The molecule has 96 valence electrons. The molecule has 0 radical (unpaired) electrons. The minimum Gasteiger partial charge on any atom is -0.386 e. The number of β-amino-alcohol motifs (C(OH)–C–C–N with tert-alkyl or cyclic N) is 1. The molecule has 0 atom stereocenters. The SMILES string of the molecule is CC1(O)CN(C(=O)CN2CCCCCC2=O)C1. The summed E-state index contributed by atoms with van der Waals surface area (Å²) in [5.74, 6) is 0.0370. The summed E-state index contributed by atoms with van der Waals surface area (Å²) in [7, 11) is 0. The van der Waals surface area contributed by atoms with Gasteiger partial charge in [0.15, 0.2) is 0 Å². The fourth-order valence-corrected chi connectivity index (χ4v) is 2.42. The van der Waals surface area contributed by atoms with Gasteiger partial charge in [0.05, 0.1) is 25.2 Å². The van der Waals surface area contributed by atoms with Crippen molar-refractivity contribution in [2.24, 2.45) is 0 Å². The third kappa shape index (κ3) is 2.97. The van der Waals surface area contributed by atoms with Crippen LogP contribution in [0.25, 0.3) is 0 Å². The van der Waals surface area contributed by atoms with Gasteiger partial charge in [0.25, 0.3) is 0 Å². The molecule has 0 unspecified atom stereocenters. The third-order valence-corrected chi connectivity index (χ3v) is 3.41. The summed E-state index contributed by atoms with van der Waals surface area (Å²) in [5, 5.41) is 9.56. The molecule has 2 amide bonds. The normalized spacial score (nSPS) is 24.2. The molecule has 2 heterocycles. The number of carbonyl (C=O) groups excluding carboxylic acids is 2. The van der Waals surface area contributed by atoms with Gasteiger partial charge < -0.3 is 14.9 Å². The van der Waals surface area contributed by atoms with E-state index in [9.17, 15) is 14.7 Å². The average Bonchev–Trinajstić information content (AvgIpc) is 2.41. The van der Waals surface area contributed by atoms with E-state index < -0.39 is 5.60 Å². The first-order valence-electron chi connectivity index (χ1n) is 6.26. The van der Waals surface area contributed by atoms with Crippen molar-refractivity contribution >= 4 is 11.8 Å². The van der Waals surface area contributed by atoms with Crippen LogP contribution in [0, 0.1) is 0 Å². The van der Waals surface area contributed by atoms with Crippen molar-refractivity contribution in [1.29, 1.82) is 0 Å². The molecular formula is C12H20N2O3. The maximum Gasteiger partial charge on any atom is 0.242 e. The second-order valence-corrected chi connectivity index (χ2v) is 5.37. The van der Waals surface area contributed by atoms with Gasteiger partial charge >= 0.3 is 0 Å². The Morgan fingerprint density at radius 1 is 1.35 bits per heavy atom. The van der Waals surface area contributed by atoms with Gasteiger partial charge in [-0.25, -0.2) is 0 Å². The van der Waals surface area contributed by atoms with Crippen molar-refractivity contribution in [3.8, 4) is 0 Å². The van der Waals surface area contributed by atoms with Crippen LogP contribution in [0.4, 0.5) is 0 Å². The molecule has 0 bridgehead atoms. The summed E-state index contributed by atoms with van der Waals surface area (Å²) >= 11 is 0. The number of nitrogens with zero attached hydrogens (tertiary/aromatic N) is 2. The van der Waals surface area contributed by atoms with Crippen molar-refractivity contribution in [2.75, 3.05) is 26.2 Å². The smallest absolute Gasteiger partial charge is 0.242 e. The van der Waals surface area contributed by atoms with Crippen LogP contribution in [-0.2, 0) is 9.59 Å². The monoisotopic (exact) mass is 240 g/mol. The van der Waals surface area contributed by atoms with Crippen molar-refractivity contribution in [2.45, 2.75) is 38.2 Å². The minimum atomic E-state index is -0.738. The van der Waals surface area contributed by atoms with E-state index in [-0.39, 0.29) is 18.4 Å². The molecule has 17 heavy (non-hydrogen) atoms. The lowest BCUT2D eigenvalue weighted by Crippen LogP contribution is -2.63. The van der Waals surface area contributed by atoms with E-state index in [2.05, 4.69) is 0 Å². The highest BCUT2D eigenvalue weighted by Crippen LogP contribution is 2.20. The quantitative estimate of drug-likeness (QED) is 0.738. The zero-order valence-electron chi connectivity index (χ0n) is 10.3. The molecule has 2 rings (SSSR count). The van der Waals surface area contributed by atoms with E-state index in [0.29, 0.717) is 26.1 Å². The largest absolute Gasteiger partial charge is 0.386 e. The molecule has 2 fully saturated rings. The van der Waals surface area contributed by atoms with Crippen molar-refractivity contribution in [3.63, 3.8) is 0 Å². The van der Waals surface area contributed by atoms with E-state index in [1.54, 1.807) is 16.7 Å². The van der Waals surface area contributed by atoms with E-state index in [4.69, 9.17) is 0 Å². The first-order chi connectivity index (χ1) is 7.98. The van der Waals surface area contributed by atoms with Crippen LogP contribution in [0.3, 0.4) is 0 Å². The molecule has 2 aliphatic heterocycles. The molecule has 0 aromatic carbocycles. The summed E-state index contributed by atoms with van der Waals surface area (Å²) in [5.41, 5.74) is -0.738. The predicted octanol–water partition coefficient (Wildman–Crippen LogP) is -0.0178. The van der Waals surface area contributed by atoms with E-state index in [1.165, 1.54) is 0 Å². The van der Waals surface area contributed by atoms with Gasteiger partial charge in [-0.05, 0) is 19.8 Å². The highest BCUT2D eigenvalue weighted by atomic mass is 16.3. The standard InChI is InChI=1S/C12H20N2O3/c1-12(17)8-14(9-12)11(16)7-13-6-4-2-3-5-10(13)15/h17H,2-9H2,1H3. The van der Waals surface area contributed by atoms with E-state index >= 15 is 0 Å². The Morgan fingerprint density at radius 3 is 2.71 bits per heavy atom. The van der Waals surface area contributed by atoms with E-state index in [1.807, 2.05) is 0 Å². The van der Waals surface area contributed by atoms with Gasteiger partial charge in [0, 0.05) is 13.0 Å². The second kappa shape index (κ2) is 4.64. The molecule has 2 saturated heterocycles. The van der Waals surface area contributed by atoms with Crippen molar-refractivity contribution in [3.05, 3.63) is 0 Å². The zero-order valence-corrected chi connectivity index (χ0v) is 10.3. The maximum atomic E-state index is 11.9. The Morgan fingerprint density at radius 2 is 2.06 bits per heavy atom. The summed E-state index contributed by atoms with van der Waals surface area (Å²) in [6, 6.07) is 0. The van der Waals surface area contributed by atoms with Gasteiger partial charge in [0.1, 0.15) is 0 Å². The van der Waals surface area contributed by atoms with Crippen LogP contribution in [-0.4, -0.2) is 58.5 Å². The number of hydrogen-bond donors (Lipinski definition) is 1. The molecule has 0 aromatic heterocycles. The van der Waals surface area contributed by atoms with Crippen LogP contribution in [0.5, 0.6) is 0 Å². The highest BCUT2D eigenvalue weighted by molar-refractivity contribution is 5.85. The zero-order chi connectivity index (χ0) is 12.5. The predicted molar refractivity (Wildman–Crippen MR) is 62.3 cm³/mol. The molecular weight excluding hydrogens is 220 g/mol. The van der Waals surface area contributed by atoms with Gasteiger partial charge in [0.2, 0.25) is 11.8 Å². The number of aliphatic hydroxyl groups is 1. The fourth-order valence-electron chi connectivity index (χ4n) is 2.42. The molecule has 1 N–H and O–H groups in total. The van der Waals surface area contributed by atoms with E-state index in [0.717, 1.165) is 19.3 Å². The van der Waals surface area contributed by atoms with Crippen LogP contribution in [0.15, 0.2) is 0 Å². The first kappa shape index (κ1) is 12.4.